The Morgan fingerprint density at radius 3 is 2.42 bits per heavy atom. The molecule has 0 saturated heterocycles. The zero-order valence-electron chi connectivity index (χ0n) is 7.37. The Hall–Kier alpha value is 1.02. The molecule has 0 saturated carbocycles. The maximum atomic E-state index is 5.46. The van der Waals surface area contributed by atoms with Crippen molar-refractivity contribution in [2.24, 2.45) is 0 Å². The molecule has 0 N–H and O–H groups in total. The average molecular weight is 277 g/mol. The van der Waals surface area contributed by atoms with Crippen molar-refractivity contribution in [1.29, 1.82) is 0 Å². The van der Waals surface area contributed by atoms with Crippen molar-refractivity contribution < 1.29 is 4.74 Å². The van der Waals surface area contributed by atoms with Gasteiger partial charge in [-0.05, 0) is 26.7 Å². The molecular formula is C8H14BrCl2O. The van der Waals surface area contributed by atoms with Gasteiger partial charge in [0.05, 0.1) is 6.61 Å². The first kappa shape index (κ1) is 13.0. The van der Waals surface area contributed by atoms with Gasteiger partial charge in [-0.25, -0.2) is 0 Å². The lowest BCUT2D eigenvalue weighted by Gasteiger charge is -2.15. The molecule has 0 unspecified atom stereocenters. The Balaban J connectivity index is 3.12. The van der Waals surface area contributed by atoms with Gasteiger partial charge in [0.2, 0.25) is 0 Å². The summed E-state index contributed by atoms with van der Waals surface area (Å²) in [4.78, 5) is 0.428. The molecule has 0 aromatic heterocycles. The molecule has 0 bridgehead atoms. The fraction of sp³-hybridized carbons (Fsp3) is 0.875. The van der Waals surface area contributed by atoms with Crippen molar-refractivity contribution >= 4 is 39.1 Å². The summed E-state index contributed by atoms with van der Waals surface area (Å²) in [5, 5.41) is 0. The first-order valence-corrected chi connectivity index (χ1v) is 5.40. The van der Waals surface area contributed by atoms with E-state index in [9.17, 15) is 0 Å². The highest BCUT2D eigenvalue weighted by Gasteiger charge is 2.12. The van der Waals surface area contributed by atoms with E-state index >= 15 is 0 Å². The zero-order chi connectivity index (χ0) is 9.61. The molecule has 0 aromatic carbocycles. The highest BCUT2D eigenvalue weighted by molar-refractivity contribution is 9.10. The number of hydrogen-bond acceptors (Lipinski definition) is 1. The molecule has 1 nitrogen and oxygen atoms in total. The van der Waals surface area contributed by atoms with E-state index in [4.69, 9.17) is 27.9 Å². The molecule has 0 aliphatic carbocycles. The van der Waals surface area contributed by atoms with Gasteiger partial charge in [-0.1, -0.05) is 39.1 Å². The molecular weight excluding hydrogens is 263 g/mol. The third-order valence-electron chi connectivity index (χ3n) is 1.10. The van der Waals surface area contributed by atoms with E-state index in [0.717, 1.165) is 6.42 Å². The van der Waals surface area contributed by atoms with Crippen LogP contribution in [0.5, 0.6) is 0 Å². The van der Waals surface area contributed by atoms with Gasteiger partial charge in [0.15, 0.2) is 4.84 Å². The standard InChI is InChI=1S/C8H14BrCl2O/c1-8(2,9)6-12-5-3-4-7(10)11/h3-6H2,1-2H3. The summed E-state index contributed by atoms with van der Waals surface area (Å²) in [6.07, 6.45) is 1.59. The summed E-state index contributed by atoms with van der Waals surface area (Å²) >= 11 is 14.4. The summed E-state index contributed by atoms with van der Waals surface area (Å²) < 4.78 is 5.43. The van der Waals surface area contributed by atoms with Crippen LogP contribution in [0, 0.1) is 4.84 Å². The molecule has 0 heterocycles. The number of rotatable bonds is 6. The third kappa shape index (κ3) is 11.0. The Labute approximate surface area is 92.9 Å². The van der Waals surface area contributed by atoms with Crippen LogP contribution in [-0.2, 0) is 4.74 Å². The maximum Gasteiger partial charge on any atom is 0.151 e. The molecule has 0 aliphatic rings. The topological polar surface area (TPSA) is 9.23 Å². The lowest BCUT2D eigenvalue weighted by atomic mass is 10.2. The Morgan fingerprint density at radius 2 is 2.00 bits per heavy atom. The van der Waals surface area contributed by atoms with Crippen molar-refractivity contribution in [3.05, 3.63) is 4.84 Å². The van der Waals surface area contributed by atoms with E-state index in [2.05, 4.69) is 29.8 Å². The normalized spacial score (nSPS) is 12.5. The SMILES string of the molecule is CC(C)(Br)COCCC[C](Cl)Cl. The molecule has 1 radical (unpaired) electrons. The minimum absolute atomic E-state index is 0.0570. The zero-order valence-corrected chi connectivity index (χ0v) is 10.5. The van der Waals surface area contributed by atoms with Crippen molar-refractivity contribution in [3.63, 3.8) is 0 Å². The van der Waals surface area contributed by atoms with Crippen LogP contribution in [0.3, 0.4) is 0 Å². The minimum atomic E-state index is 0.0570. The van der Waals surface area contributed by atoms with Crippen LogP contribution in [-0.4, -0.2) is 17.5 Å². The van der Waals surface area contributed by atoms with E-state index < -0.39 is 0 Å². The Morgan fingerprint density at radius 1 is 1.42 bits per heavy atom. The lowest BCUT2D eigenvalue weighted by Crippen LogP contribution is -2.18. The van der Waals surface area contributed by atoms with Gasteiger partial charge in [0, 0.05) is 10.9 Å². The van der Waals surface area contributed by atoms with Crippen LogP contribution in [0.4, 0.5) is 0 Å². The fourth-order valence-electron chi connectivity index (χ4n) is 0.623. The number of halogens is 3. The summed E-state index contributed by atoms with van der Waals surface area (Å²) in [6.45, 7) is 5.53. The predicted octanol–water partition coefficient (Wildman–Crippen LogP) is 3.92. The maximum absolute atomic E-state index is 5.46. The van der Waals surface area contributed by atoms with E-state index in [-0.39, 0.29) is 4.32 Å². The van der Waals surface area contributed by atoms with Crippen LogP contribution in [0.25, 0.3) is 0 Å². The second-order valence-electron chi connectivity index (χ2n) is 3.21. The van der Waals surface area contributed by atoms with E-state index in [1.165, 1.54) is 0 Å². The van der Waals surface area contributed by atoms with Gasteiger partial charge in [-0.3, -0.25) is 0 Å². The van der Waals surface area contributed by atoms with Crippen LogP contribution in [0.2, 0.25) is 0 Å². The molecule has 12 heavy (non-hydrogen) atoms. The molecule has 0 aliphatic heterocycles. The van der Waals surface area contributed by atoms with Crippen molar-refractivity contribution in [2.75, 3.05) is 13.2 Å². The fourth-order valence-corrected chi connectivity index (χ4v) is 1.05. The van der Waals surface area contributed by atoms with Gasteiger partial charge in [-0.2, -0.15) is 0 Å². The number of hydrogen-bond donors (Lipinski definition) is 0. The van der Waals surface area contributed by atoms with E-state index in [1.807, 2.05) is 0 Å². The second-order valence-corrected chi connectivity index (χ2v) is 6.47. The van der Waals surface area contributed by atoms with E-state index in [1.54, 1.807) is 0 Å². The molecule has 0 aromatic rings. The summed E-state index contributed by atoms with van der Waals surface area (Å²) in [7, 11) is 0. The molecule has 0 rings (SSSR count). The highest BCUT2D eigenvalue weighted by Crippen LogP contribution is 2.19. The summed E-state index contributed by atoms with van der Waals surface area (Å²) in [5.41, 5.74) is 0. The van der Waals surface area contributed by atoms with Gasteiger partial charge in [-0.15, -0.1) is 0 Å². The first-order chi connectivity index (χ1) is 5.42. The number of alkyl halides is 1. The Bertz CT molecular complexity index is 112. The summed E-state index contributed by atoms with van der Waals surface area (Å²) in [5.74, 6) is 0. The van der Waals surface area contributed by atoms with Crippen molar-refractivity contribution in [2.45, 2.75) is 31.0 Å². The van der Waals surface area contributed by atoms with Gasteiger partial charge < -0.3 is 4.74 Å². The first-order valence-electron chi connectivity index (χ1n) is 3.85. The van der Waals surface area contributed by atoms with Crippen LogP contribution >= 0.6 is 39.1 Å². The van der Waals surface area contributed by atoms with Gasteiger partial charge >= 0.3 is 0 Å². The van der Waals surface area contributed by atoms with E-state index in [0.29, 0.717) is 24.5 Å². The molecule has 73 valence electrons. The molecule has 0 fully saturated rings. The average Bonchev–Trinajstić information content (AvgIpc) is 1.83. The van der Waals surface area contributed by atoms with Gasteiger partial charge in [0.25, 0.3) is 0 Å². The second kappa shape index (κ2) is 6.47. The minimum Gasteiger partial charge on any atom is -0.380 e. The number of ether oxygens (including phenoxy) is 1. The predicted molar refractivity (Wildman–Crippen MR) is 58.0 cm³/mol. The molecule has 4 heteroatoms. The van der Waals surface area contributed by atoms with Gasteiger partial charge in [0.1, 0.15) is 0 Å². The van der Waals surface area contributed by atoms with Crippen LogP contribution < -0.4 is 0 Å². The lowest BCUT2D eigenvalue weighted by molar-refractivity contribution is 0.119. The van der Waals surface area contributed by atoms with Crippen LogP contribution in [0.1, 0.15) is 26.7 Å². The van der Waals surface area contributed by atoms with Crippen molar-refractivity contribution in [3.8, 4) is 0 Å². The highest BCUT2D eigenvalue weighted by atomic mass is 79.9. The smallest absolute Gasteiger partial charge is 0.151 e. The molecule has 0 atom stereocenters. The van der Waals surface area contributed by atoms with Crippen molar-refractivity contribution in [1.82, 2.24) is 0 Å². The third-order valence-corrected chi connectivity index (χ3v) is 1.71. The molecule has 0 amide bonds. The molecule has 0 spiro atoms. The van der Waals surface area contributed by atoms with Crippen LogP contribution in [0.15, 0.2) is 0 Å². The quantitative estimate of drug-likeness (QED) is 0.528. The summed E-state index contributed by atoms with van der Waals surface area (Å²) in [6, 6.07) is 0. The Kier molecular flexibility index (Phi) is 7.02. The monoisotopic (exact) mass is 275 g/mol. The largest absolute Gasteiger partial charge is 0.380 e.